The predicted molar refractivity (Wildman–Crippen MR) is 83.1 cm³/mol. The molecule has 0 bridgehead atoms. The zero-order chi connectivity index (χ0) is 12.3. The monoisotopic (exact) mass is 362 g/mol. The fraction of sp³-hybridized carbons (Fsp3) is 0.250. The number of hydrogen-bond donors (Lipinski definition) is 0. The van der Waals surface area contributed by atoms with Crippen molar-refractivity contribution in [2.45, 2.75) is 24.1 Å². The van der Waals surface area contributed by atoms with Gasteiger partial charge in [0.05, 0.1) is 4.83 Å². The minimum absolute atomic E-state index is 0.415. The molecule has 0 saturated heterocycles. The average molecular weight is 364 g/mol. The summed E-state index contributed by atoms with van der Waals surface area (Å²) in [5.74, 6) is 0. The molecule has 3 aliphatic rings. The van der Waals surface area contributed by atoms with E-state index in [1.165, 1.54) is 38.0 Å². The van der Waals surface area contributed by atoms with Gasteiger partial charge in [-0.05, 0) is 64.1 Å². The molecule has 2 heteroatoms. The average Bonchev–Trinajstić information content (AvgIpc) is 2.34. The van der Waals surface area contributed by atoms with Crippen LogP contribution >= 0.6 is 31.9 Å². The highest BCUT2D eigenvalue weighted by atomic mass is 79.9. The summed E-state index contributed by atoms with van der Waals surface area (Å²) in [6.45, 7) is 0. The first-order chi connectivity index (χ1) is 8.72. The second kappa shape index (κ2) is 3.94. The molecule has 0 nitrogen and oxygen atoms in total. The van der Waals surface area contributed by atoms with Crippen LogP contribution in [-0.2, 0) is 6.42 Å². The van der Waals surface area contributed by atoms with Crippen molar-refractivity contribution in [2.24, 2.45) is 0 Å². The SMILES string of the molecule is Brc1cc2c3c(c1)=CCC1=CC(Br)C=C(CC2)C=31. The Hall–Kier alpha value is -0.600. The maximum atomic E-state index is 3.72. The van der Waals surface area contributed by atoms with Gasteiger partial charge in [0.25, 0.3) is 0 Å². The third-order valence-electron chi connectivity index (χ3n) is 4.03. The van der Waals surface area contributed by atoms with Gasteiger partial charge in [-0.25, -0.2) is 0 Å². The third kappa shape index (κ3) is 1.55. The fourth-order valence-corrected chi connectivity index (χ4v) is 4.50. The molecule has 0 radical (unpaired) electrons. The van der Waals surface area contributed by atoms with Crippen molar-refractivity contribution in [1.29, 1.82) is 0 Å². The van der Waals surface area contributed by atoms with E-state index in [4.69, 9.17) is 0 Å². The second-order valence-electron chi connectivity index (χ2n) is 5.14. The summed E-state index contributed by atoms with van der Waals surface area (Å²) in [4.78, 5) is 0.415. The number of aryl methyl sites for hydroxylation is 1. The first-order valence-corrected chi connectivity index (χ1v) is 8.02. The van der Waals surface area contributed by atoms with Gasteiger partial charge in [0.1, 0.15) is 0 Å². The van der Waals surface area contributed by atoms with Gasteiger partial charge in [0.2, 0.25) is 0 Å². The molecule has 1 unspecified atom stereocenters. The predicted octanol–water partition coefficient (Wildman–Crippen LogP) is 3.36. The molecule has 0 heterocycles. The van der Waals surface area contributed by atoms with E-state index in [1.54, 1.807) is 5.57 Å². The maximum absolute atomic E-state index is 3.72. The number of hydrogen-bond acceptors (Lipinski definition) is 0. The molecular formula is C16H12Br2. The van der Waals surface area contributed by atoms with Gasteiger partial charge in [-0.3, -0.25) is 0 Å². The summed E-state index contributed by atoms with van der Waals surface area (Å²) in [6, 6.07) is 4.55. The molecule has 1 aromatic rings. The normalized spacial score (nSPS) is 23.9. The van der Waals surface area contributed by atoms with E-state index in [1.807, 2.05) is 0 Å². The Kier molecular flexibility index (Phi) is 2.46. The van der Waals surface area contributed by atoms with Crippen LogP contribution < -0.4 is 10.4 Å². The van der Waals surface area contributed by atoms with Crippen LogP contribution in [0.4, 0.5) is 0 Å². The Labute approximate surface area is 123 Å². The molecule has 18 heavy (non-hydrogen) atoms. The van der Waals surface area contributed by atoms with E-state index < -0.39 is 0 Å². The van der Waals surface area contributed by atoms with Gasteiger partial charge in [-0.2, -0.15) is 0 Å². The molecule has 4 rings (SSSR count). The fourth-order valence-electron chi connectivity index (χ4n) is 3.34. The van der Waals surface area contributed by atoms with Crippen molar-refractivity contribution >= 4 is 43.5 Å². The van der Waals surface area contributed by atoms with Crippen LogP contribution in [0.1, 0.15) is 18.4 Å². The van der Waals surface area contributed by atoms with E-state index in [0.29, 0.717) is 4.83 Å². The zero-order valence-electron chi connectivity index (χ0n) is 9.84. The van der Waals surface area contributed by atoms with E-state index in [0.717, 1.165) is 12.8 Å². The van der Waals surface area contributed by atoms with Crippen LogP contribution in [0.15, 0.2) is 39.9 Å². The van der Waals surface area contributed by atoms with Gasteiger partial charge >= 0.3 is 0 Å². The summed E-state index contributed by atoms with van der Waals surface area (Å²) in [5, 5.41) is 2.90. The Morgan fingerprint density at radius 1 is 1.06 bits per heavy atom. The minimum atomic E-state index is 0.415. The van der Waals surface area contributed by atoms with Crippen LogP contribution in [-0.4, -0.2) is 4.83 Å². The van der Waals surface area contributed by atoms with E-state index in [-0.39, 0.29) is 0 Å². The molecule has 0 spiro atoms. The Balaban J connectivity index is 2.19. The molecule has 0 amide bonds. The van der Waals surface area contributed by atoms with Gasteiger partial charge in [-0.1, -0.05) is 50.1 Å². The van der Waals surface area contributed by atoms with Crippen molar-refractivity contribution in [3.63, 3.8) is 0 Å². The lowest BCUT2D eigenvalue weighted by Crippen LogP contribution is -2.37. The van der Waals surface area contributed by atoms with Crippen LogP contribution in [0.3, 0.4) is 0 Å². The standard InChI is InChI=1S/C16H12Br2/c17-13-5-9-1-2-10-6-14(18)8-12-4-3-11(7-13)15(9)16(10)12/h1,5-8,14H,2-4H2. The molecule has 0 N–H and O–H groups in total. The summed E-state index contributed by atoms with van der Waals surface area (Å²) < 4.78 is 1.21. The molecule has 1 atom stereocenters. The first-order valence-electron chi connectivity index (χ1n) is 6.31. The molecular weight excluding hydrogens is 352 g/mol. The minimum Gasteiger partial charge on any atom is -0.0799 e. The highest BCUT2D eigenvalue weighted by molar-refractivity contribution is 9.10. The van der Waals surface area contributed by atoms with Crippen LogP contribution in [0.2, 0.25) is 0 Å². The summed E-state index contributed by atoms with van der Waals surface area (Å²) in [6.07, 6.45) is 10.5. The van der Waals surface area contributed by atoms with Crippen molar-refractivity contribution in [1.82, 2.24) is 0 Å². The summed E-state index contributed by atoms with van der Waals surface area (Å²) >= 11 is 7.35. The van der Waals surface area contributed by atoms with Gasteiger partial charge in [0.15, 0.2) is 0 Å². The van der Waals surface area contributed by atoms with Crippen LogP contribution in [0, 0.1) is 0 Å². The molecule has 1 aromatic carbocycles. The highest BCUT2D eigenvalue weighted by Gasteiger charge is 2.24. The molecule has 0 aliphatic heterocycles. The second-order valence-corrected chi connectivity index (χ2v) is 7.11. The number of allylic oxidation sites excluding steroid dienone is 4. The quantitative estimate of drug-likeness (QED) is 0.620. The van der Waals surface area contributed by atoms with Gasteiger partial charge in [0, 0.05) is 4.47 Å². The number of rotatable bonds is 0. The Morgan fingerprint density at radius 3 is 2.78 bits per heavy atom. The van der Waals surface area contributed by atoms with Crippen molar-refractivity contribution < 1.29 is 0 Å². The Morgan fingerprint density at radius 2 is 1.89 bits per heavy atom. The van der Waals surface area contributed by atoms with Crippen molar-refractivity contribution in [3.05, 3.63) is 55.9 Å². The number of benzene rings is 1. The highest BCUT2D eigenvalue weighted by Crippen LogP contribution is 2.36. The van der Waals surface area contributed by atoms with Gasteiger partial charge in [-0.15, -0.1) is 0 Å². The molecule has 0 saturated carbocycles. The Bertz CT molecular complexity index is 735. The third-order valence-corrected chi connectivity index (χ3v) is 5.02. The maximum Gasteiger partial charge on any atom is 0.0517 e. The summed E-state index contributed by atoms with van der Waals surface area (Å²) in [5.41, 5.74) is 6.07. The van der Waals surface area contributed by atoms with E-state index in [2.05, 4.69) is 62.2 Å². The molecule has 0 aromatic heterocycles. The number of alkyl halides is 1. The summed E-state index contributed by atoms with van der Waals surface area (Å²) in [7, 11) is 0. The molecule has 0 fully saturated rings. The number of halogens is 2. The topological polar surface area (TPSA) is 0 Å². The zero-order valence-corrected chi connectivity index (χ0v) is 13.0. The smallest absolute Gasteiger partial charge is 0.0517 e. The van der Waals surface area contributed by atoms with Crippen molar-refractivity contribution in [3.8, 4) is 0 Å². The van der Waals surface area contributed by atoms with Gasteiger partial charge < -0.3 is 0 Å². The van der Waals surface area contributed by atoms with Crippen LogP contribution in [0.25, 0.3) is 11.6 Å². The molecule has 90 valence electrons. The first kappa shape index (κ1) is 11.2. The lowest BCUT2D eigenvalue weighted by molar-refractivity contribution is 0.911. The molecule has 3 aliphatic carbocycles. The lowest BCUT2D eigenvalue weighted by atomic mass is 9.78. The van der Waals surface area contributed by atoms with E-state index >= 15 is 0 Å². The largest absolute Gasteiger partial charge is 0.0799 e. The van der Waals surface area contributed by atoms with E-state index in [9.17, 15) is 0 Å². The van der Waals surface area contributed by atoms with Crippen LogP contribution in [0.5, 0.6) is 0 Å². The van der Waals surface area contributed by atoms with Crippen molar-refractivity contribution in [2.75, 3.05) is 0 Å². The lowest BCUT2D eigenvalue weighted by Gasteiger charge is -2.28.